The third-order valence-corrected chi connectivity index (χ3v) is 7.71. The predicted octanol–water partition coefficient (Wildman–Crippen LogP) is 6.77. The van der Waals surface area contributed by atoms with E-state index in [1.807, 2.05) is 0 Å². The van der Waals surface area contributed by atoms with Gasteiger partial charge in [-0.1, -0.05) is 117 Å². The fraction of sp³-hybridized carbons (Fsp3) is 0.933. The molecule has 3 atom stereocenters. The van der Waals surface area contributed by atoms with Gasteiger partial charge in [0.15, 0.2) is 6.10 Å². The molecule has 0 amide bonds. The Labute approximate surface area is 248 Å². The monoisotopic (exact) mass is 610 g/mol. The summed E-state index contributed by atoms with van der Waals surface area (Å²) < 4.78 is 32.3. The Morgan fingerprint density at radius 3 is 1.51 bits per heavy atom. The van der Waals surface area contributed by atoms with Gasteiger partial charge >= 0.3 is 19.8 Å². The maximum atomic E-state index is 12.4. The Kier molecular flexibility index (Phi) is 27.1. The van der Waals surface area contributed by atoms with Crippen molar-refractivity contribution in [2.75, 3.05) is 26.4 Å². The fourth-order valence-corrected chi connectivity index (χ4v) is 5.02. The van der Waals surface area contributed by atoms with Crippen LogP contribution in [0.3, 0.4) is 0 Å². The summed E-state index contributed by atoms with van der Waals surface area (Å²) in [5.41, 5.74) is 0. The number of esters is 2. The van der Waals surface area contributed by atoms with Gasteiger partial charge in [-0.3, -0.25) is 18.6 Å². The minimum Gasteiger partial charge on any atom is -0.462 e. The van der Waals surface area contributed by atoms with Gasteiger partial charge in [0.25, 0.3) is 0 Å². The van der Waals surface area contributed by atoms with Crippen molar-refractivity contribution in [3.63, 3.8) is 0 Å². The highest BCUT2D eigenvalue weighted by Crippen LogP contribution is 2.43. The number of phosphoric ester groups is 1. The second-order valence-corrected chi connectivity index (χ2v) is 12.3. The molecule has 41 heavy (non-hydrogen) atoms. The summed E-state index contributed by atoms with van der Waals surface area (Å²) in [7, 11) is -4.59. The zero-order valence-corrected chi connectivity index (χ0v) is 26.7. The first-order valence-electron chi connectivity index (χ1n) is 16.0. The SMILES string of the molecule is CCCCCCCCCCCCCCC(=O)OC(COC(=O)CCCCCCCC)COP(=O)(O)OCC(O)CO. The number of rotatable bonds is 30. The lowest BCUT2D eigenvalue weighted by Crippen LogP contribution is -2.29. The number of phosphoric acid groups is 1. The van der Waals surface area contributed by atoms with Gasteiger partial charge < -0.3 is 24.6 Å². The van der Waals surface area contributed by atoms with E-state index < -0.39 is 51.8 Å². The second-order valence-electron chi connectivity index (χ2n) is 10.8. The van der Waals surface area contributed by atoms with Gasteiger partial charge in [-0.05, 0) is 12.8 Å². The summed E-state index contributed by atoms with van der Waals surface area (Å²) in [6.07, 6.45) is 18.3. The molecule has 0 saturated heterocycles. The molecule has 10 nitrogen and oxygen atoms in total. The Balaban J connectivity index is 4.41. The van der Waals surface area contributed by atoms with Crippen LogP contribution in [-0.2, 0) is 32.7 Å². The zero-order chi connectivity index (χ0) is 30.6. The van der Waals surface area contributed by atoms with Crippen molar-refractivity contribution in [3.8, 4) is 0 Å². The van der Waals surface area contributed by atoms with E-state index in [1.54, 1.807) is 0 Å². The van der Waals surface area contributed by atoms with Crippen molar-refractivity contribution in [2.24, 2.45) is 0 Å². The molecule has 0 spiro atoms. The maximum absolute atomic E-state index is 12.4. The molecule has 0 radical (unpaired) electrons. The summed E-state index contributed by atoms with van der Waals surface area (Å²) in [6, 6.07) is 0. The first-order chi connectivity index (χ1) is 19.7. The van der Waals surface area contributed by atoms with Crippen molar-refractivity contribution >= 4 is 19.8 Å². The van der Waals surface area contributed by atoms with E-state index in [2.05, 4.69) is 18.4 Å². The van der Waals surface area contributed by atoms with Gasteiger partial charge in [0, 0.05) is 12.8 Å². The van der Waals surface area contributed by atoms with Gasteiger partial charge in [-0.25, -0.2) is 4.57 Å². The van der Waals surface area contributed by atoms with Crippen LogP contribution in [0.4, 0.5) is 0 Å². The van der Waals surface area contributed by atoms with Gasteiger partial charge in [0.05, 0.1) is 19.8 Å². The number of ether oxygens (including phenoxy) is 2. The number of carbonyl (C=O) groups excluding carboxylic acids is 2. The topological polar surface area (TPSA) is 149 Å². The average Bonchev–Trinajstić information content (AvgIpc) is 2.95. The lowest BCUT2D eigenvalue weighted by molar-refractivity contribution is -0.161. The molecule has 0 heterocycles. The van der Waals surface area contributed by atoms with Crippen LogP contribution in [0.25, 0.3) is 0 Å². The summed E-state index contributed by atoms with van der Waals surface area (Å²) in [5.74, 6) is -0.931. The maximum Gasteiger partial charge on any atom is 0.472 e. The van der Waals surface area contributed by atoms with E-state index in [1.165, 1.54) is 57.8 Å². The van der Waals surface area contributed by atoms with Crippen molar-refractivity contribution in [1.82, 2.24) is 0 Å². The minimum atomic E-state index is -4.59. The molecule has 0 aromatic heterocycles. The molecule has 0 aliphatic carbocycles. The molecule has 11 heteroatoms. The van der Waals surface area contributed by atoms with E-state index in [4.69, 9.17) is 19.1 Å². The van der Waals surface area contributed by atoms with Crippen LogP contribution in [0.5, 0.6) is 0 Å². The molecule has 0 aliphatic rings. The molecule has 0 aromatic carbocycles. The van der Waals surface area contributed by atoms with Crippen molar-refractivity contribution in [3.05, 3.63) is 0 Å². The Bertz CT molecular complexity index is 676. The highest BCUT2D eigenvalue weighted by Gasteiger charge is 2.27. The summed E-state index contributed by atoms with van der Waals surface area (Å²) in [4.78, 5) is 34.4. The first-order valence-corrected chi connectivity index (χ1v) is 17.5. The molecular formula is C30H59O10P. The third-order valence-electron chi connectivity index (χ3n) is 6.76. The molecule has 244 valence electrons. The molecular weight excluding hydrogens is 551 g/mol. The van der Waals surface area contributed by atoms with Crippen LogP contribution in [-0.4, -0.2) is 65.7 Å². The highest BCUT2D eigenvalue weighted by molar-refractivity contribution is 7.47. The second kappa shape index (κ2) is 27.8. The van der Waals surface area contributed by atoms with E-state index in [0.717, 1.165) is 44.9 Å². The number of hydrogen-bond acceptors (Lipinski definition) is 9. The van der Waals surface area contributed by atoms with E-state index in [0.29, 0.717) is 12.8 Å². The van der Waals surface area contributed by atoms with Crippen LogP contribution in [0, 0.1) is 0 Å². The Morgan fingerprint density at radius 2 is 1.05 bits per heavy atom. The molecule has 0 fully saturated rings. The van der Waals surface area contributed by atoms with Crippen molar-refractivity contribution in [2.45, 2.75) is 154 Å². The normalized spacial score (nSPS) is 14.4. The quantitative estimate of drug-likeness (QED) is 0.0452. The first kappa shape index (κ1) is 40.0. The predicted molar refractivity (Wildman–Crippen MR) is 159 cm³/mol. The summed E-state index contributed by atoms with van der Waals surface area (Å²) in [6.45, 7) is 2.28. The van der Waals surface area contributed by atoms with Gasteiger partial charge in [0.1, 0.15) is 12.7 Å². The van der Waals surface area contributed by atoms with Crippen LogP contribution in [0.15, 0.2) is 0 Å². The van der Waals surface area contributed by atoms with Crippen LogP contribution in [0.2, 0.25) is 0 Å². The molecule has 3 unspecified atom stereocenters. The van der Waals surface area contributed by atoms with E-state index in [-0.39, 0.29) is 19.4 Å². The van der Waals surface area contributed by atoms with Crippen LogP contribution in [0.1, 0.15) is 142 Å². The van der Waals surface area contributed by atoms with Crippen LogP contribution < -0.4 is 0 Å². The van der Waals surface area contributed by atoms with Gasteiger partial charge in [-0.2, -0.15) is 0 Å². The number of carbonyl (C=O) groups is 2. The average molecular weight is 611 g/mol. The molecule has 0 aromatic rings. The van der Waals surface area contributed by atoms with Gasteiger partial charge in [0.2, 0.25) is 0 Å². The van der Waals surface area contributed by atoms with Gasteiger partial charge in [-0.15, -0.1) is 0 Å². The fourth-order valence-electron chi connectivity index (χ4n) is 4.23. The molecule has 3 N–H and O–H groups in total. The number of unbranched alkanes of at least 4 members (excludes halogenated alkanes) is 16. The standard InChI is InChI=1S/C30H59O10P/c1-3-5-7-9-11-12-13-14-15-16-18-20-22-30(34)40-28(26-39-41(35,36)38-24-27(32)23-31)25-37-29(33)21-19-17-10-8-6-4-2/h27-28,31-32H,3-26H2,1-2H3,(H,35,36). The Hall–Kier alpha value is -1.03. The van der Waals surface area contributed by atoms with E-state index >= 15 is 0 Å². The largest absolute Gasteiger partial charge is 0.472 e. The van der Waals surface area contributed by atoms with Crippen LogP contribution >= 0.6 is 7.82 Å². The number of hydrogen-bond donors (Lipinski definition) is 3. The molecule has 0 saturated carbocycles. The molecule has 0 bridgehead atoms. The Morgan fingerprint density at radius 1 is 0.634 bits per heavy atom. The summed E-state index contributed by atoms with van der Waals surface area (Å²) in [5, 5.41) is 18.1. The van der Waals surface area contributed by atoms with Crippen molar-refractivity contribution < 1.29 is 47.8 Å². The molecule has 0 aliphatic heterocycles. The highest BCUT2D eigenvalue weighted by atomic mass is 31.2. The molecule has 0 rings (SSSR count). The smallest absolute Gasteiger partial charge is 0.462 e. The lowest BCUT2D eigenvalue weighted by Gasteiger charge is -2.20. The zero-order valence-electron chi connectivity index (χ0n) is 25.8. The lowest BCUT2D eigenvalue weighted by atomic mass is 10.0. The summed E-state index contributed by atoms with van der Waals surface area (Å²) >= 11 is 0. The minimum absolute atomic E-state index is 0.190. The number of aliphatic hydroxyl groups is 2. The van der Waals surface area contributed by atoms with Crippen molar-refractivity contribution in [1.29, 1.82) is 0 Å². The number of aliphatic hydroxyl groups excluding tert-OH is 2. The van der Waals surface area contributed by atoms with E-state index in [9.17, 15) is 24.2 Å². The third kappa shape index (κ3) is 27.5.